The van der Waals surface area contributed by atoms with Crippen LogP contribution in [0.15, 0.2) is 0 Å². The van der Waals surface area contributed by atoms with Crippen LogP contribution in [0, 0.1) is 6.42 Å². The van der Waals surface area contributed by atoms with E-state index in [1.165, 1.54) is 0 Å². The van der Waals surface area contributed by atoms with Crippen molar-refractivity contribution in [3.63, 3.8) is 0 Å². The highest BCUT2D eigenvalue weighted by atomic mass is 19.4. The lowest BCUT2D eigenvalue weighted by Crippen LogP contribution is -2.10. The molecule has 1 radical (unpaired) electrons. The van der Waals surface area contributed by atoms with Gasteiger partial charge in [0.05, 0.1) is 6.42 Å². The normalized spacial score (nSPS) is 12.0. The molecule has 0 saturated heterocycles. The fourth-order valence-electron chi connectivity index (χ4n) is 0.654. The maximum atomic E-state index is 11.5. The quantitative estimate of drug-likeness (QED) is 0.575. The average Bonchev–Trinajstić information content (AvgIpc) is 1.94. The number of rotatable bonds is 6. The summed E-state index contributed by atoms with van der Waals surface area (Å²) in [7, 11) is 0. The molecule has 0 atom stereocenters. The minimum atomic E-state index is -4.16. The molecule has 0 aromatic heterocycles. The first kappa shape index (κ1) is 11.8. The highest BCUT2D eigenvalue weighted by Gasteiger charge is 2.26. The Morgan fingerprint density at radius 1 is 1.25 bits per heavy atom. The molecule has 12 heavy (non-hydrogen) atoms. The van der Waals surface area contributed by atoms with Crippen molar-refractivity contribution in [2.75, 3.05) is 13.2 Å². The van der Waals surface area contributed by atoms with Crippen LogP contribution >= 0.6 is 0 Å². The Balaban J connectivity index is 3.01. The molecule has 0 amide bonds. The third-order valence-corrected chi connectivity index (χ3v) is 1.28. The monoisotopic (exact) mass is 183 g/mol. The van der Waals surface area contributed by atoms with Gasteiger partial charge in [0.1, 0.15) is 0 Å². The standard InChI is InChI=1S/C8H14F3O/c1-2-3-6-12-7-4-5-8(9,10)11/h5H,2-4,6-7H2,1H3. The van der Waals surface area contributed by atoms with Gasteiger partial charge >= 0.3 is 6.18 Å². The van der Waals surface area contributed by atoms with E-state index in [4.69, 9.17) is 4.74 Å². The van der Waals surface area contributed by atoms with E-state index in [1.54, 1.807) is 0 Å². The summed E-state index contributed by atoms with van der Waals surface area (Å²) in [6.07, 6.45) is -1.98. The highest BCUT2D eigenvalue weighted by molar-refractivity contribution is 4.73. The van der Waals surface area contributed by atoms with Crippen LogP contribution in [-0.4, -0.2) is 19.4 Å². The van der Waals surface area contributed by atoms with Gasteiger partial charge in [0.25, 0.3) is 0 Å². The average molecular weight is 183 g/mol. The van der Waals surface area contributed by atoms with Crippen molar-refractivity contribution in [3.8, 4) is 0 Å². The lowest BCUT2D eigenvalue weighted by molar-refractivity contribution is -0.100. The van der Waals surface area contributed by atoms with Gasteiger partial charge in [0.15, 0.2) is 0 Å². The minimum absolute atomic E-state index is 0.0484. The molecule has 0 fully saturated rings. The van der Waals surface area contributed by atoms with Crippen LogP contribution in [0.4, 0.5) is 13.2 Å². The molecule has 4 heteroatoms. The van der Waals surface area contributed by atoms with Crippen LogP contribution in [0.2, 0.25) is 0 Å². The van der Waals surface area contributed by atoms with Crippen molar-refractivity contribution >= 4 is 0 Å². The molecule has 0 aliphatic carbocycles. The van der Waals surface area contributed by atoms with Crippen molar-refractivity contribution in [1.29, 1.82) is 0 Å². The molecule has 0 heterocycles. The second kappa shape index (κ2) is 6.29. The largest absolute Gasteiger partial charge is 0.392 e. The van der Waals surface area contributed by atoms with E-state index in [2.05, 4.69) is 0 Å². The predicted molar refractivity (Wildman–Crippen MR) is 40.7 cm³/mol. The maximum Gasteiger partial charge on any atom is 0.392 e. The van der Waals surface area contributed by atoms with Crippen LogP contribution in [-0.2, 0) is 4.74 Å². The first-order valence-electron chi connectivity index (χ1n) is 4.05. The van der Waals surface area contributed by atoms with Crippen LogP contribution in [0.5, 0.6) is 0 Å². The zero-order valence-corrected chi connectivity index (χ0v) is 7.16. The van der Waals surface area contributed by atoms with Crippen LogP contribution in [0.1, 0.15) is 26.2 Å². The van der Waals surface area contributed by atoms with E-state index in [1.807, 2.05) is 6.92 Å². The summed E-state index contributed by atoms with van der Waals surface area (Å²) in [5, 5.41) is 0. The molecule has 0 unspecified atom stereocenters. The van der Waals surface area contributed by atoms with Gasteiger partial charge in [0.2, 0.25) is 0 Å². The number of halogens is 3. The zero-order chi connectivity index (χ0) is 9.45. The smallest absolute Gasteiger partial charge is 0.381 e. The topological polar surface area (TPSA) is 9.23 Å². The molecule has 0 rings (SSSR count). The Labute approximate surface area is 70.9 Å². The Hall–Kier alpha value is -0.250. The summed E-state index contributed by atoms with van der Waals surface area (Å²) < 4.78 is 39.5. The number of hydrogen-bond acceptors (Lipinski definition) is 1. The van der Waals surface area contributed by atoms with Gasteiger partial charge in [-0.15, -0.1) is 0 Å². The summed E-state index contributed by atoms with van der Waals surface area (Å²) in [4.78, 5) is 0. The predicted octanol–water partition coefficient (Wildman–Crippen LogP) is 2.96. The zero-order valence-electron chi connectivity index (χ0n) is 7.16. The molecule has 0 aliphatic rings. The minimum Gasteiger partial charge on any atom is -0.381 e. The van der Waals surface area contributed by atoms with Gasteiger partial charge in [-0.1, -0.05) is 13.3 Å². The van der Waals surface area contributed by atoms with Gasteiger partial charge in [-0.2, -0.15) is 13.2 Å². The van der Waals surface area contributed by atoms with Crippen molar-refractivity contribution in [2.24, 2.45) is 0 Å². The van der Waals surface area contributed by atoms with E-state index >= 15 is 0 Å². The Morgan fingerprint density at radius 3 is 2.42 bits per heavy atom. The number of alkyl halides is 3. The lowest BCUT2D eigenvalue weighted by Gasteiger charge is -2.05. The number of ether oxygens (including phenoxy) is 1. The van der Waals surface area contributed by atoms with Crippen LogP contribution < -0.4 is 0 Å². The molecule has 0 saturated carbocycles. The lowest BCUT2D eigenvalue weighted by atomic mass is 10.3. The number of hydrogen-bond donors (Lipinski definition) is 0. The second-order valence-corrected chi connectivity index (χ2v) is 2.50. The fraction of sp³-hybridized carbons (Fsp3) is 0.875. The van der Waals surface area contributed by atoms with Crippen molar-refractivity contribution in [1.82, 2.24) is 0 Å². The SMILES string of the molecule is CCCCOCC[CH]C(F)(F)F. The Kier molecular flexibility index (Phi) is 6.16. The first-order chi connectivity index (χ1) is 5.56. The van der Waals surface area contributed by atoms with Gasteiger partial charge in [0, 0.05) is 13.2 Å². The van der Waals surface area contributed by atoms with Gasteiger partial charge in [-0.3, -0.25) is 0 Å². The molecule has 0 aromatic carbocycles. The molecule has 0 bridgehead atoms. The van der Waals surface area contributed by atoms with E-state index < -0.39 is 6.18 Å². The fourth-order valence-corrected chi connectivity index (χ4v) is 0.654. The Morgan fingerprint density at radius 2 is 1.92 bits per heavy atom. The summed E-state index contributed by atoms with van der Waals surface area (Å²) in [6, 6.07) is 0. The van der Waals surface area contributed by atoms with Crippen molar-refractivity contribution in [2.45, 2.75) is 32.4 Å². The highest BCUT2D eigenvalue weighted by Crippen LogP contribution is 2.19. The summed E-state index contributed by atoms with van der Waals surface area (Å²) in [6.45, 7) is 2.73. The summed E-state index contributed by atoms with van der Waals surface area (Å²) >= 11 is 0. The van der Waals surface area contributed by atoms with E-state index in [-0.39, 0.29) is 13.0 Å². The van der Waals surface area contributed by atoms with Gasteiger partial charge in [-0.05, 0) is 12.8 Å². The molecule has 0 aliphatic heterocycles. The molecule has 1 nitrogen and oxygen atoms in total. The van der Waals surface area contributed by atoms with Gasteiger partial charge in [-0.25, -0.2) is 0 Å². The maximum absolute atomic E-state index is 11.5. The summed E-state index contributed by atoms with van der Waals surface area (Å²) in [5.41, 5.74) is 0. The van der Waals surface area contributed by atoms with Crippen LogP contribution in [0.3, 0.4) is 0 Å². The summed E-state index contributed by atoms with van der Waals surface area (Å²) in [5.74, 6) is 0. The third kappa shape index (κ3) is 9.75. The van der Waals surface area contributed by atoms with Gasteiger partial charge < -0.3 is 4.74 Å². The third-order valence-electron chi connectivity index (χ3n) is 1.28. The van der Waals surface area contributed by atoms with E-state index in [0.717, 1.165) is 12.8 Å². The van der Waals surface area contributed by atoms with Crippen molar-refractivity contribution < 1.29 is 17.9 Å². The molecule has 0 spiro atoms. The Bertz CT molecular complexity index is 101. The molecular formula is C8H14F3O. The second-order valence-electron chi connectivity index (χ2n) is 2.50. The van der Waals surface area contributed by atoms with E-state index in [0.29, 0.717) is 13.0 Å². The van der Waals surface area contributed by atoms with E-state index in [9.17, 15) is 13.2 Å². The van der Waals surface area contributed by atoms with Crippen LogP contribution in [0.25, 0.3) is 0 Å². The van der Waals surface area contributed by atoms with Crippen molar-refractivity contribution in [3.05, 3.63) is 6.42 Å². The molecule has 0 N–H and O–H groups in total. The molecular weight excluding hydrogens is 169 g/mol. The molecule has 0 aromatic rings. The first-order valence-corrected chi connectivity index (χ1v) is 4.05. The molecule has 73 valence electrons. The number of unbranched alkanes of at least 4 members (excludes halogenated alkanes) is 1.